The number of nitrogens with one attached hydrogen (secondary N) is 3. The monoisotopic (exact) mass is 365 g/mol. The average molecular weight is 366 g/mol. The summed E-state index contributed by atoms with van der Waals surface area (Å²) < 4.78 is 0. The quantitative estimate of drug-likeness (QED) is 0.646. The lowest BCUT2D eigenvalue weighted by molar-refractivity contribution is -0.117. The van der Waals surface area contributed by atoms with Crippen LogP contribution in [0.4, 0.5) is 5.69 Å². The summed E-state index contributed by atoms with van der Waals surface area (Å²) in [6.07, 6.45) is 0.680. The molecule has 0 bridgehead atoms. The molecule has 2 unspecified atom stereocenters. The maximum absolute atomic E-state index is 12.7. The van der Waals surface area contributed by atoms with E-state index < -0.39 is 0 Å². The largest absolute Gasteiger partial charge is 0.324 e. The Balaban J connectivity index is 1.51. The van der Waals surface area contributed by atoms with Crippen LogP contribution in [-0.4, -0.2) is 11.9 Å². The van der Waals surface area contributed by atoms with Gasteiger partial charge >= 0.3 is 0 Å². The Morgan fingerprint density at radius 2 is 1.81 bits per heavy atom. The summed E-state index contributed by atoms with van der Waals surface area (Å²) in [5.41, 5.74) is 9.22. The predicted octanol–water partition coefficient (Wildman–Crippen LogP) is 4.35. The number of anilines is 1. The maximum Gasteiger partial charge on any atom is 0.242 e. The number of hydrogen-bond acceptors (Lipinski definition) is 3. The van der Waals surface area contributed by atoms with Crippen molar-refractivity contribution in [2.24, 2.45) is 0 Å². The van der Waals surface area contributed by atoms with Crippen molar-refractivity contribution >= 4 is 34.0 Å². The molecule has 1 aliphatic rings. The van der Waals surface area contributed by atoms with Crippen molar-refractivity contribution in [2.75, 3.05) is 5.32 Å². The first kappa shape index (κ1) is 17.0. The first-order chi connectivity index (χ1) is 12.6. The van der Waals surface area contributed by atoms with Gasteiger partial charge in [0.15, 0.2) is 0 Å². The molecular formula is C21H20ClN3O. The van der Waals surface area contributed by atoms with Crippen LogP contribution in [0.3, 0.4) is 0 Å². The van der Waals surface area contributed by atoms with E-state index in [4.69, 9.17) is 11.6 Å². The summed E-state index contributed by atoms with van der Waals surface area (Å²) >= 11 is 6.14. The first-order valence-corrected chi connectivity index (χ1v) is 9.06. The van der Waals surface area contributed by atoms with E-state index in [2.05, 4.69) is 46.5 Å². The summed E-state index contributed by atoms with van der Waals surface area (Å²) in [5, 5.41) is 6.04. The molecule has 0 aromatic heterocycles. The first-order valence-electron chi connectivity index (χ1n) is 8.68. The molecule has 132 valence electrons. The highest BCUT2D eigenvalue weighted by Crippen LogP contribution is 2.30. The zero-order valence-electron chi connectivity index (χ0n) is 14.4. The molecule has 0 aliphatic carbocycles. The Hall–Kier alpha value is -2.40. The third-order valence-corrected chi connectivity index (χ3v) is 5.35. The molecular weight excluding hydrogens is 346 g/mol. The number of rotatable bonds is 3. The van der Waals surface area contributed by atoms with Crippen LogP contribution in [0.5, 0.6) is 0 Å². The third kappa shape index (κ3) is 3.19. The molecule has 1 heterocycles. The zero-order valence-corrected chi connectivity index (χ0v) is 15.2. The normalized spacial score (nSPS) is 19.6. The molecule has 3 aromatic rings. The Kier molecular flexibility index (Phi) is 4.64. The number of fused-ring (bicyclic) bond motifs is 1. The number of amides is 1. The molecule has 1 aliphatic heterocycles. The van der Waals surface area contributed by atoms with E-state index in [1.807, 2.05) is 37.3 Å². The van der Waals surface area contributed by atoms with Crippen LogP contribution < -0.4 is 16.2 Å². The van der Waals surface area contributed by atoms with Crippen molar-refractivity contribution in [1.82, 2.24) is 10.9 Å². The van der Waals surface area contributed by atoms with E-state index in [0.29, 0.717) is 11.4 Å². The van der Waals surface area contributed by atoms with Gasteiger partial charge in [-0.05, 0) is 47.4 Å². The van der Waals surface area contributed by atoms with Gasteiger partial charge in [-0.15, -0.1) is 0 Å². The SMILES string of the molecule is Cc1c(Cl)cccc1NC(=O)C1CC(c2cccc3ccccc23)NN1. The summed E-state index contributed by atoms with van der Waals surface area (Å²) in [6, 6.07) is 19.9. The van der Waals surface area contributed by atoms with Gasteiger partial charge in [0.2, 0.25) is 5.91 Å². The van der Waals surface area contributed by atoms with Gasteiger partial charge in [0.25, 0.3) is 0 Å². The number of hydrogen-bond donors (Lipinski definition) is 3. The molecule has 2 atom stereocenters. The average Bonchev–Trinajstić information content (AvgIpc) is 3.15. The van der Waals surface area contributed by atoms with E-state index in [1.54, 1.807) is 0 Å². The van der Waals surface area contributed by atoms with Crippen LogP contribution in [0.15, 0.2) is 60.7 Å². The fraction of sp³-hybridized carbons (Fsp3) is 0.190. The van der Waals surface area contributed by atoms with Gasteiger partial charge in [0.05, 0.1) is 0 Å². The number of hydrazine groups is 1. The van der Waals surface area contributed by atoms with Crippen molar-refractivity contribution in [3.8, 4) is 0 Å². The highest BCUT2D eigenvalue weighted by molar-refractivity contribution is 6.31. The van der Waals surface area contributed by atoms with Gasteiger partial charge in [-0.25, -0.2) is 10.9 Å². The lowest BCUT2D eigenvalue weighted by Crippen LogP contribution is -2.39. The molecule has 1 amide bonds. The van der Waals surface area contributed by atoms with Crippen LogP contribution in [0.1, 0.15) is 23.6 Å². The summed E-state index contributed by atoms with van der Waals surface area (Å²) in [5.74, 6) is -0.0643. The zero-order chi connectivity index (χ0) is 18.1. The number of carbonyl (C=O) groups excluding carboxylic acids is 1. The van der Waals surface area contributed by atoms with Crippen molar-refractivity contribution in [2.45, 2.75) is 25.4 Å². The van der Waals surface area contributed by atoms with Gasteiger partial charge in [0.1, 0.15) is 6.04 Å². The number of halogens is 1. The summed E-state index contributed by atoms with van der Waals surface area (Å²) in [4.78, 5) is 12.7. The fourth-order valence-electron chi connectivity index (χ4n) is 3.45. The van der Waals surface area contributed by atoms with Crippen LogP contribution in [-0.2, 0) is 4.79 Å². The summed E-state index contributed by atoms with van der Waals surface area (Å²) in [6.45, 7) is 1.90. The van der Waals surface area contributed by atoms with Crippen molar-refractivity contribution in [3.05, 3.63) is 76.8 Å². The molecule has 1 saturated heterocycles. The van der Waals surface area contributed by atoms with Crippen LogP contribution in [0, 0.1) is 6.92 Å². The lowest BCUT2D eigenvalue weighted by atomic mass is 9.96. The van der Waals surface area contributed by atoms with Gasteiger partial charge in [-0.1, -0.05) is 60.1 Å². The van der Waals surface area contributed by atoms with Crippen molar-refractivity contribution in [1.29, 1.82) is 0 Å². The molecule has 3 N–H and O–H groups in total. The molecule has 4 rings (SSSR count). The minimum Gasteiger partial charge on any atom is -0.324 e. The second-order valence-electron chi connectivity index (χ2n) is 6.60. The minimum absolute atomic E-state index is 0.0643. The van der Waals surface area contributed by atoms with E-state index in [9.17, 15) is 4.79 Å². The Morgan fingerprint density at radius 1 is 1.04 bits per heavy atom. The van der Waals surface area contributed by atoms with Crippen molar-refractivity contribution in [3.63, 3.8) is 0 Å². The van der Waals surface area contributed by atoms with Gasteiger partial charge in [-0.3, -0.25) is 4.79 Å². The fourth-order valence-corrected chi connectivity index (χ4v) is 3.62. The van der Waals surface area contributed by atoms with Crippen LogP contribution in [0.25, 0.3) is 10.8 Å². The van der Waals surface area contributed by atoms with Crippen molar-refractivity contribution < 1.29 is 4.79 Å². The topological polar surface area (TPSA) is 53.2 Å². The van der Waals surface area contributed by atoms with E-state index in [-0.39, 0.29) is 18.0 Å². The highest BCUT2D eigenvalue weighted by Gasteiger charge is 2.31. The second kappa shape index (κ2) is 7.08. The molecule has 0 saturated carbocycles. The van der Waals surface area contributed by atoms with E-state index >= 15 is 0 Å². The van der Waals surface area contributed by atoms with E-state index in [0.717, 1.165) is 11.3 Å². The minimum atomic E-state index is -0.308. The highest BCUT2D eigenvalue weighted by atomic mass is 35.5. The van der Waals surface area contributed by atoms with Crippen LogP contribution >= 0.6 is 11.6 Å². The molecule has 0 spiro atoms. The smallest absolute Gasteiger partial charge is 0.242 e. The predicted molar refractivity (Wildman–Crippen MR) is 106 cm³/mol. The summed E-state index contributed by atoms with van der Waals surface area (Å²) in [7, 11) is 0. The Bertz CT molecular complexity index is 967. The third-order valence-electron chi connectivity index (χ3n) is 4.94. The Morgan fingerprint density at radius 3 is 2.69 bits per heavy atom. The standard InChI is InChI=1S/C21H20ClN3O/c1-13-17(22)10-5-11-18(13)23-21(26)20-12-19(24-25-20)16-9-4-7-14-6-2-3-8-15(14)16/h2-11,19-20,24-25H,12H2,1H3,(H,23,26). The molecule has 1 fully saturated rings. The van der Waals surface area contributed by atoms with Gasteiger partial charge in [0, 0.05) is 16.8 Å². The second-order valence-corrected chi connectivity index (χ2v) is 7.01. The van der Waals surface area contributed by atoms with E-state index in [1.165, 1.54) is 16.3 Å². The molecule has 26 heavy (non-hydrogen) atoms. The van der Waals surface area contributed by atoms with Gasteiger partial charge < -0.3 is 5.32 Å². The molecule has 3 aromatic carbocycles. The Labute approximate surface area is 157 Å². The molecule has 0 radical (unpaired) electrons. The van der Waals surface area contributed by atoms with Crippen LogP contribution in [0.2, 0.25) is 5.02 Å². The molecule has 4 nitrogen and oxygen atoms in total. The molecule has 5 heteroatoms. The number of carbonyl (C=O) groups is 1. The lowest BCUT2D eigenvalue weighted by Gasteiger charge is -2.14. The van der Waals surface area contributed by atoms with Gasteiger partial charge in [-0.2, -0.15) is 0 Å². The maximum atomic E-state index is 12.7. The number of benzene rings is 3.